The third kappa shape index (κ3) is 1.86. The molecule has 68 valence electrons. The Hall–Kier alpha value is -0.370. The zero-order valence-corrected chi connectivity index (χ0v) is 7.76. The van der Waals surface area contributed by atoms with E-state index in [4.69, 9.17) is 0 Å². The van der Waals surface area contributed by atoms with Gasteiger partial charge in [0.1, 0.15) is 12.8 Å². The van der Waals surface area contributed by atoms with Gasteiger partial charge >= 0.3 is 0 Å². The van der Waals surface area contributed by atoms with E-state index >= 15 is 0 Å². The van der Waals surface area contributed by atoms with Gasteiger partial charge in [0.15, 0.2) is 6.04 Å². The molecule has 0 unspecified atom stereocenters. The smallest absolute Gasteiger partial charge is 0.154 e. The van der Waals surface area contributed by atoms with Gasteiger partial charge in [-0.1, -0.05) is 0 Å². The van der Waals surface area contributed by atoms with Gasteiger partial charge in [-0.15, -0.1) is 0 Å². The Bertz CT molecular complexity index is 169. The summed E-state index contributed by atoms with van der Waals surface area (Å²) in [5.41, 5.74) is 0. The molecule has 0 aromatic heterocycles. The summed E-state index contributed by atoms with van der Waals surface area (Å²) in [5, 5.41) is 3.41. The lowest BCUT2D eigenvalue weighted by molar-refractivity contribution is -0.569. The SMILES string of the molecule is C1=[N+](C2CCNCC2)CCCC1. The van der Waals surface area contributed by atoms with Crippen molar-refractivity contribution < 1.29 is 4.58 Å². The van der Waals surface area contributed by atoms with Crippen LogP contribution in [0.1, 0.15) is 32.1 Å². The van der Waals surface area contributed by atoms with Crippen LogP contribution in [0.25, 0.3) is 0 Å². The fraction of sp³-hybridized carbons (Fsp3) is 0.900. The molecule has 1 saturated heterocycles. The van der Waals surface area contributed by atoms with Crippen molar-refractivity contribution in [1.29, 1.82) is 0 Å². The van der Waals surface area contributed by atoms with Gasteiger partial charge < -0.3 is 5.32 Å². The van der Waals surface area contributed by atoms with E-state index in [1.165, 1.54) is 51.7 Å². The maximum Gasteiger partial charge on any atom is 0.154 e. The summed E-state index contributed by atoms with van der Waals surface area (Å²) in [6.07, 6.45) is 9.23. The minimum atomic E-state index is 0.853. The lowest BCUT2D eigenvalue weighted by atomic mass is 10.0. The van der Waals surface area contributed by atoms with E-state index in [0.717, 1.165) is 6.04 Å². The van der Waals surface area contributed by atoms with E-state index in [2.05, 4.69) is 16.1 Å². The predicted molar refractivity (Wildman–Crippen MR) is 50.9 cm³/mol. The molecule has 2 heterocycles. The van der Waals surface area contributed by atoms with Gasteiger partial charge in [-0.05, 0) is 6.42 Å². The van der Waals surface area contributed by atoms with Crippen LogP contribution in [0, 0.1) is 0 Å². The van der Waals surface area contributed by atoms with E-state index in [9.17, 15) is 0 Å². The van der Waals surface area contributed by atoms with Crippen LogP contribution in [0.5, 0.6) is 0 Å². The number of piperidine rings is 1. The molecule has 0 aromatic carbocycles. The van der Waals surface area contributed by atoms with Crippen LogP contribution in [0.2, 0.25) is 0 Å². The van der Waals surface area contributed by atoms with Gasteiger partial charge in [0.25, 0.3) is 0 Å². The second-order valence-corrected chi connectivity index (χ2v) is 3.90. The predicted octanol–water partition coefficient (Wildman–Crippen LogP) is 1.01. The molecule has 1 fully saturated rings. The molecule has 12 heavy (non-hydrogen) atoms. The molecular weight excluding hydrogens is 148 g/mol. The topological polar surface area (TPSA) is 15.0 Å². The van der Waals surface area contributed by atoms with Crippen molar-refractivity contribution in [2.45, 2.75) is 38.1 Å². The van der Waals surface area contributed by atoms with Crippen molar-refractivity contribution in [1.82, 2.24) is 5.32 Å². The average Bonchev–Trinajstić information content (AvgIpc) is 2.21. The largest absolute Gasteiger partial charge is 0.316 e. The third-order valence-electron chi connectivity index (χ3n) is 3.01. The number of nitrogens with zero attached hydrogens (tertiary/aromatic N) is 1. The second kappa shape index (κ2) is 4.04. The van der Waals surface area contributed by atoms with Crippen LogP contribution in [-0.2, 0) is 0 Å². The molecule has 0 atom stereocenters. The normalized spacial score (nSPS) is 26.8. The van der Waals surface area contributed by atoms with Crippen molar-refractivity contribution in [3.05, 3.63) is 0 Å². The summed E-state index contributed by atoms with van der Waals surface area (Å²) >= 11 is 0. The van der Waals surface area contributed by atoms with Crippen molar-refractivity contribution in [2.24, 2.45) is 0 Å². The third-order valence-corrected chi connectivity index (χ3v) is 3.01. The van der Waals surface area contributed by atoms with E-state index in [1.807, 2.05) is 0 Å². The number of hydrogen-bond donors (Lipinski definition) is 1. The van der Waals surface area contributed by atoms with Gasteiger partial charge in [-0.2, -0.15) is 0 Å². The minimum absolute atomic E-state index is 0.853. The van der Waals surface area contributed by atoms with E-state index in [-0.39, 0.29) is 0 Å². The van der Waals surface area contributed by atoms with Crippen LogP contribution in [0.3, 0.4) is 0 Å². The van der Waals surface area contributed by atoms with Gasteiger partial charge in [-0.3, -0.25) is 0 Å². The maximum absolute atomic E-state index is 3.41. The lowest BCUT2D eigenvalue weighted by Gasteiger charge is -2.22. The van der Waals surface area contributed by atoms with Gasteiger partial charge in [-0.25, -0.2) is 4.58 Å². The Morgan fingerprint density at radius 1 is 1.17 bits per heavy atom. The molecule has 0 aromatic rings. The molecule has 2 rings (SSSR count). The molecule has 2 nitrogen and oxygen atoms in total. The van der Waals surface area contributed by atoms with Crippen LogP contribution in [0.4, 0.5) is 0 Å². The Balaban J connectivity index is 1.92. The highest BCUT2D eigenvalue weighted by Crippen LogP contribution is 2.11. The first-order valence-corrected chi connectivity index (χ1v) is 5.26. The van der Waals surface area contributed by atoms with Crippen LogP contribution < -0.4 is 5.32 Å². The zero-order valence-electron chi connectivity index (χ0n) is 7.76. The summed E-state index contributed by atoms with van der Waals surface area (Å²) in [4.78, 5) is 0. The molecule has 1 N–H and O–H groups in total. The maximum atomic E-state index is 3.41. The minimum Gasteiger partial charge on any atom is -0.316 e. The Morgan fingerprint density at radius 3 is 2.67 bits per heavy atom. The van der Waals surface area contributed by atoms with Crippen molar-refractivity contribution >= 4 is 6.21 Å². The molecule has 0 saturated carbocycles. The first kappa shape index (κ1) is 8.24. The van der Waals surface area contributed by atoms with Crippen LogP contribution in [-0.4, -0.2) is 36.5 Å². The Morgan fingerprint density at radius 2 is 2.00 bits per heavy atom. The van der Waals surface area contributed by atoms with E-state index < -0.39 is 0 Å². The van der Waals surface area contributed by atoms with Crippen molar-refractivity contribution in [3.8, 4) is 0 Å². The fourth-order valence-electron chi connectivity index (χ4n) is 2.26. The molecule has 2 aliphatic heterocycles. The average molecular weight is 167 g/mol. The molecule has 2 heteroatoms. The molecule has 0 aliphatic carbocycles. The van der Waals surface area contributed by atoms with Gasteiger partial charge in [0.05, 0.1) is 0 Å². The second-order valence-electron chi connectivity index (χ2n) is 3.90. The molecule has 0 amide bonds. The van der Waals surface area contributed by atoms with Crippen LogP contribution >= 0.6 is 0 Å². The summed E-state index contributed by atoms with van der Waals surface area (Å²) < 4.78 is 2.59. The quantitative estimate of drug-likeness (QED) is 0.576. The number of hydrogen-bond acceptors (Lipinski definition) is 1. The molecule has 0 bridgehead atoms. The Labute approximate surface area is 74.7 Å². The van der Waals surface area contributed by atoms with E-state index in [1.54, 1.807) is 0 Å². The molecule has 0 radical (unpaired) electrons. The first-order chi connectivity index (χ1) is 5.97. The van der Waals surface area contributed by atoms with Crippen molar-refractivity contribution in [2.75, 3.05) is 19.6 Å². The van der Waals surface area contributed by atoms with Crippen LogP contribution in [0.15, 0.2) is 0 Å². The first-order valence-electron chi connectivity index (χ1n) is 5.26. The molecular formula is C10H19N2+. The summed E-state index contributed by atoms with van der Waals surface area (Å²) in [5.74, 6) is 0. The lowest BCUT2D eigenvalue weighted by Crippen LogP contribution is -2.39. The van der Waals surface area contributed by atoms with E-state index in [0.29, 0.717) is 0 Å². The number of nitrogens with one attached hydrogen (secondary N) is 1. The van der Waals surface area contributed by atoms with Crippen molar-refractivity contribution in [3.63, 3.8) is 0 Å². The van der Waals surface area contributed by atoms with Gasteiger partial charge in [0, 0.05) is 38.8 Å². The standard InChI is InChI=1S/C10H19N2/c1-2-8-12(9-3-1)10-4-6-11-7-5-10/h8,10-11H,1-7,9H2/q+1. The Kier molecular flexibility index (Phi) is 2.77. The zero-order chi connectivity index (χ0) is 8.23. The fourth-order valence-corrected chi connectivity index (χ4v) is 2.26. The highest BCUT2D eigenvalue weighted by atomic mass is 15.1. The molecule has 2 aliphatic rings. The highest BCUT2D eigenvalue weighted by molar-refractivity contribution is 5.51. The van der Waals surface area contributed by atoms with Gasteiger partial charge in [0.2, 0.25) is 0 Å². The highest BCUT2D eigenvalue weighted by Gasteiger charge is 2.23. The summed E-state index contributed by atoms with van der Waals surface area (Å²) in [6.45, 7) is 3.74. The molecule has 0 spiro atoms. The summed E-state index contributed by atoms with van der Waals surface area (Å²) in [7, 11) is 0. The number of rotatable bonds is 1. The summed E-state index contributed by atoms with van der Waals surface area (Å²) in [6, 6.07) is 0.853. The monoisotopic (exact) mass is 167 g/mol.